The number of esters is 1. The van der Waals surface area contributed by atoms with Crippen molar-refractivity contribution in [3.63, 3.8) is 0 Å². The Labute approximate surface area is 116 Å². The summed E-state index contributed by atoms with van der Waals surface area (Å²) in [6, 6.07) is 5.83. The summed E-state index contributed by atoms with van der Waals surface area (Å²) in [5.74, 6) is -0.467. The predicted octanol–water partition coefficient (Wildman–Crippen LogP) is 2.99. The highest BCUT2D eigenvalue weighted by atomic mass is 19.1. The molecule has 0 unspecified atom stereocenters. The van der Waals surface area contributed by atoms with Gasteiger partial charge in [0.1, 0.15) is 5.82 Å². The fourth-order valence-corrected chi connectivity index (χ4v) is 2.01. The van der Waals surface area contributed by atoms with Gasteiger partial charge in [0.2, 0.25) is 5.88 Å². The molecule has 0 aliphatic heterocycles. The van der Waals surface area contributed by atoms with Gasteiger partial charge in [-0.15, -0.1) is 0 Å². The van der Waals surface area contributed by atoms with E-state index in [2.05, 4.69) is 4.98 Å². The van der Waals surface area contributed by atoms with E-state index in [0.717, 1.165) is 0 Å². The molecule has 0 bridgehead atoms. The molecule has 0 aliphatic rings. The van der Waals surface area contributed by atoms with Gasteiger partial charge in [-0.2, -0.15) is 0 Å². The number of methoxy groups -OCH3 is 2. The molecule has 0 radical (unpaired) electrons. The van der Waals surface area contributed by atoms with Crippen molar-refractivity contribution < 1.29 is 18.7 Å². The third-order valence-electron chi connectivity index (χ3n) is 3.01. The number of carbonyl (C=O) groups is 1. The lowest BCUT2D eigenvalue weighted by molar-refractivity contribution is 0.0600. The van der Waals surface area contributed by atoms with Gasteiger partial charge in [0, 0.05) is 17.3 Å². The number of aromatic nitrogens is 1. The Morgan fingerprint density at radius 1 is 1.20 bits per heavy atom. The molecule has 1 aromatic carbocycles. The molecule has 0 spiro atoms. The summed E-state index contributed by atoms with van der Waals surface area (Å²) in [7, 11) is 2.79. The van der Waals surface area contributed by atoms with Crippen LogP contribution in [0.15, 0.2) is 30.5 Å². The van der Waals surface area contributed by atoms with Crippen LogP contribution in [0.4, 0.5) is 4.39 Å². The zero-order valence-electron chi connectivity index (χ0n) is 11.4. The monoisotopic (exact) mass is 275 g/mol. The Kier molecular flexibility index (Phi) is 3.98. The molecule has 0 saturated heterocycles. The maximum Gasteiger partial charge on any atom is 0.339 e. The third kappa shape index (κ3) is 2.47. The molecule has 1 aromatic heterocycles. The van der Waals surface area contributed by atoms with Gasteiger partial charge >= 0.3 is 5.97 Å². The predicted molar refractivity (Wildman–Crippen MR) is 72.3 cm³/mol. The molecular formula is C15H14FNO3. The largest absolute Gasteiger partial charge is 0.481 e. The Bertz CT molecular complexity index is 638. The van der Waals surface area contributed by atoms with Crippen LogP contribution >= 0.6 is 0 Å². The maximum absolute atomic E-state index is 13.0. The number of ether oxygens (including phenoxy) is 2. The van der Waals surface area contributed by atoms with E-state index in [1.165, 1.54) is 32.5 Å². The second kappa shape index (κ2) is 5.69. The second-order valence-electron chi connectivity index (χ2n) is 4.18. The molecular weight excluding hydrogens is 261 g/mol. The number of halogens is 1. The molecule has 20 heavy (non-hydrogen) atoms. The second-order valence-corrected chi connectivity index (χ2v) is 4.18. The van der Waals surface area contributed by atoms with E-state index in [9.17, 15) is 9.18 Å². The van der Waals surface area contributed by atoms with Crippen LogP contribution < -0.4 is 4.74 Å². The van der Waals surface area contributed by atoms with E-state index in [-0.39, 0.29) is 5.82 Å². The summed E-state index contributed by atoms with van der Waals surface area (Å²) in [6.45, 7) is 1.73. The van der Waals surface area contributed by atoms with Crippen LogP contribution in [0.3, 0.4) is 0 Å². The minimum Gasteiger partial charge on any atom is -0.481 e. The number of hydrogen-bond donors (Lipinski definition) is 0. The number of pyridine rings is 1. The highest BCUT2D eigenvalue weighted by Gasteiger charge is 2.20. The molecule has 2 aromatic rings. The molecule has 0 amide bonds. The molecule has 0 N–H and O–H groups in total. The van der Waals surface area contributed by atoms with Crippen molar-refractivity contribution >= 4 is 5.97 Å². The van der Waals surface area contributed by atoms with E-state index in [1.807, 2.05) is 0 Å². The highest BCUT2D eigenvalue weighted by Crippen LogP contribution is 2.30. The van der Waals surface area contributed by atoms with Gasteiger partial charge in [0.05, 0.1) is 19.8 Å². The Hall–Kier alpha value is -2.43. The molecule has 0 aliphatic carbocycles. The molecule has 2 rings (SSSR count). The Morgan fingerprint density at radius 2 is 1.85 bits per heavy atom. The van der Waals surface area contributed by atoms with Crippen LogP contribution in [0.1, 0.15) is 15.9 Å². The fourth-order valence-electron chi connectivity index (χ4n) is 2.01. The number of benzene rings is 1. The quantitative estimate of drug-likeness (QED) is 0.808. The number of hydrogen-bond acceptors (Lipinski definition) is 4. The van der Waals surface area contributed by atoms with E-state index in [0.29, 0.717) is 28.1 Å². The zero-order chi connectivity index (χ0) is 14.7. The maximum atomic E-state index is 13.0. The van der Waals surface area contributed by atoms with E-state index in [1.54, 1.807) is 19.1 Å². The van der Waals surface area contributed by atoms with Gasteiger partial charge in [0.25, 0.3) is 0 Å². The number of nitrogens with zero attached hydrogens (tertiary/aromatic N) is 1. The van der Waals surface area contributed by atoms with Crippen molar-refractivity contribution in [2.45, 2.75) is 6.92 Å². The van der Waals surface area contributed by atoms with E-state index >= 15 is 0 Å². The van der Waals surface area contributed by atoms with E-state index in [4.69, 9.17) is 9.47 Å². The summed E-state index contributed by atoms with van der Waals surface area (Å²) >= 11 is 0. The average molecular weight is 275 g/mol. The van der Waals surface area contributed by atoms with Crippen molar-refractivity contribution in [1.82, 2.24) is 4.98 Å². The summed E-state index contributed by atoms with van der Waals surface area (Å²) in [6.07, 6.45) is 1.52. The first-order valence-corrected chi connectivity index (χ1v) is 5.96. The van der Waals surface area contributed by atoms with Crippen LogP contribution in [0.5, 0.6) is 5.88 Å². The standard InChI is InChI=1S/C15H14FNO3/c1-9-13(15(18)20-3)12(8-17-14(9)19-2)10-4-6-11(16)7-5-10/h4-8H,1-3H3. The fraction of sp³-hybridized carbons (Fsp3) is 0.200. The van der Waals surface area contributed by atoms with E-state index < -0.39 is 5.97 Å². The van der Waals surface area contributed by atoms with Gasteiger partial charge in [-0.05, 0) is 24.6 Å². The van der Waals surface area contributed by atoms with Crippen LogP contribution in [0, 0.1) is 12.7 Å². The first-order chi connectivity index (χ1) is 9.58. The average Bonchev–Trinajstić information content (AvgIpc) is 2.47. The molecule has 0 atom stereocenters. The summed E-state index contributed by atoms with van der Waals surface area (Å²) in [5.41, 5.74) is 2.22. The normalized spacial score (nSPS) is 10.2. The summed E-state index contributed by atoms with van der Waals surface area (Å²) in [5, 5.41) is 0. The van der Waals surface area contributed by atoms with Gasteiger partial charge in [-0.25, -0.2) is 14.2 Å². The lowest BCUT2D eigenvalue weighted by Crippen LogP contribution is -2.08. The molecule has 5 heteroatoms. The molecule has 1 heterocycles. The Morgan fingerprint density at radius 3 is 2.40 bits per heavy atom. The van der Waals surface area contributed by atoms with Crippen LogP contribution in [-0.4, -0.2) is 25.2 Å². The van der Waals surface area contributed by atoms with Gasteiger partial charge in [-0.3, -0.25) is 0 Å². The SMILES string of the molecule is COC(=O)c1c(-c2ccc(F)cc2)cnc(OC)c1C. The molecule has 0 fully saturated rings. The van der Waals surface area contributed by atoms with Gasteiger partial charge in [-0.1, -0.05) is 12.1 Å². The van der Waals surface area contributed by atoms with Crippen molar-refractivity contribution in [3.05, 3.63) is 47.4 Å². The first kappa shape index (κ1) is 14.0. The minimum atomic E-state index is -0.484. The topological polar surface area (TPSA) is 48.4 Å². The molecule has 104 valence electrons. The lowest BCUT2D eigenvalue weighted by Gasteiger charge is -2.13. The zero-order valence-corrected chi connectivity index (χ0v) is 11.4. The smallest absolute Gasteiger partial charge is 0.339 e. The highest BCUT2D eigenvalue weighted by molar-refractivity contribution is 5.99. The van der Waals surface area contributed by atoms with Gasteiger partial charge in [0.15, 0.2) is 0 Å². The minimum absolute atomic E-state index is 0.341. The van der Waals surface area contributed by atoms with Crippen LogP contribution in [0.2, 0.25) is 0 Å². The van der Waals surface area contributed by atoms with Crippen LogP contribution in [0.25, 0.3) is 11.1 Å². The number of carbonyl (C=O) groups excluding carboxylic acids is 1. The Balaban J connectivity index is 2.66. The van der Waals surface area contributed by atoms with Crippen molar-refractivity contribution in [2.24, 2.45) is 0 Å². The number of rotatable bonds is 3. The van der Waals surface area contributed by atoms with Gasteiger partial charge < -0.3 is 9.47 Å². The van der Waals surface area contributed by atoms with Crippen molar-refractivity contribution in [3.8, 4) is 17.0 Å². The van der Waals surface area contributed by atoms with Crippen molar-refractivity contribution in [2.75, 3.05) is 14.2 Å². The summed E-state index contributed by atoms with van der Waals surface area (Å²) in [4.78, 5) is 16.1. The molecule has 0 saturated carbocycles. The lowest BCUT2D eigenvalue weighted by atomic mass is 9.98. The first-order valence-electron chi connectivity index (χ1n) is 5.96. The van der Waals surface area contributed by atoms with Crippen LogP contribution in [-0.2, 0) is 4.74 Å². The molecule has 4 nitrogen and oxygen atoms in total. The summed E-state index contributed by atoms with van der Waals surface area (Å²) < 4.78 is 22.9. The third-order valence-corrected chi connectivity index (χ3v) is 3.01. The van der Waals surface area contributed by atoms with Crippen molar-refractivity contribution in [1.29, 1.82) is 0 Å².